The van der Waals surface area contributed by atoms with Crippen molar-refractivity contribution in [2.75, 3.05) is 38.9 Å². The van der Waals surface area contributed by atoms with Gasteiger partial charge in [-0.15, -0.1) is 11.3 Å². The van der Waals surface area contributed by atoms with Crippen LogP contribution in [0.1, 0.15) is 48.5 Å². The van der Waals surface area contributed by atoms with E-state index in [2.05, 4.69) is 10.4 Å². The van der Waals surface area contributed by atoms with Crippen molar-refractivity contribution in [3.63, 3.8) is 0 Å². The van der Waals surface area contributed by atoms with Gasteiger partial charge in [-0.3, -0.25) is 9.59 Å². The van der Waals surface area contributed by atoms with Crippen molar-refractivity contribution < 1.29 is 33.3 Å². The predicted octanol–water partition coefficient (Wildman–Crippen LogP) is 5.08. The number of hydrogen-bond donors (Lipinski definition) is 1. The Morgan fingerprint density at radius 2 is 1.56 bits per heavy atom. The van der Waals surface area contributed by atoms with Gasteiger partial charge in [0.2, 0.25) is 5.75 Å². The fourth-order valence-electron chi connectivity index (χ4n) is 4.09. The van der Waals surface area contributed by atoms with Crippen LogP contribution in [0.15, 0.2) is 46.6 Å². The number of esters is 1. The monoisotopic (exact) mass is 581 g/mol. The Kier molecular flexibility index (Phi) is 9.45. The fourth-order valence-corrected chi connectivity index (χ4v) is 5.02. The maximum atomic E-state index is 13.7. The summed E-state index contributed by atoms with van der Waals surface area (Å²) in [5, 5.41) is 9.38. The molecular weight excluding hydrogens is 550 g/mol. The maximum Gasteiger partial charge on any atom is 0.359 e. The number of fused-ring (bicyclic) bond motifs is 1. The third-order valence-corrected chi connectivity index (χ3v) is 6.73. The summed E-state index contributed by atoms with van der Waals surface area (Å²) in [5.41, 5.74) is 0.0665. The number of nitrogens with one attached hydrogen (secondary N) is 1. The third kappa shape index (κ3) is 6.12. The molecule has 2 aromatic carbocycles. The number of amides is 1. The number of hydrogen-bond acceptors (Lipinski definition) is 10. The van der Waals surface area contributed by atoms with Gasteiger partial charge in [-0.1, -0.05) is 0 Å². The molecule has 4 rings (SSSR count). The molecule has 0 aliphatic rings. The van der Waals surface area contributed by atoms with Gasteiger partial charge in [0.25, 0.3) is 11.5 Å². The first-order valence-corrected chi connectivity index (χ1v) is 14.0. The van der Waals surface area contributed by atoms with Crippen LogP contribution in [0.25, 0.3) is 16.5 Å². The van der Waals surface area contributed by atoms with E-state index < -0.39 is 17.4 Å². The van der Waals surface area contributed by atoms with E-state index in [9.17, 15) is 14.4 Å². The molecule has 4 aromatic rings. The Hall–Kier alpha value is -4.58. The van der Waals surface area contributed by atoms with E-state index in [-0.39, 0.29) is 33.6 Å². The molecular formula is C29H31N3O8S. The number of nitrogens with zero attached hydrogens (tertiary/aromatic N) is 2. The molecule has 0 bridgehead atoms. The molecule has 41 heavy (non-hydrogen) atoms. The summed E-state index contributed by atoms with van der Waals surface area (Å²) in [6, 6.07) is 9.75. The van der Waals surface area contributed by atoms with Crippen LogP contribution in [0, 0.1) is 0 Å². The van der Waals surface area contributed by atoms with Crippen molar-refractivity contribution in [1.29, 1.82) is 0 Å². The summed E-state index contributed by atoms with van der Waals surface area (Å²) in [6.07, 6.45) is 0. The van der Waals surface area contributed by atoms with Gasteiger partial charge in [0.1, 0.15) is 10.8 Å². The molecule has 0 aliphatic heterocycles. The summed E-state index contributed by atoms with van der Waals surface area (Å²) in [6.45, 7) is 8.36. The minimum absolute atomic E-state index is 0.0488. The van der Waals surface area contributed by atoms with Gasteiger partial charge in [-0.05, 0) is 64.1 Å². The van der Waals surface area contributed by atoms with Crippen LogP contribution in [-0.2, 0) is 4.74 Å². The summed E-state index contributed by atoms with van der Waals surface area (Å²) >= 11 is 1.10. The second-order valence-electron chi connectivity index (χ2n) is 8.39. The number of ether oxygens (including phenoxy) is 5. The standard InChI is InChI=1S/C29H31N3O8S/c1-6-37-21-14-17(15-22(38-7-2)25(21)39-8-3)26(33)30-27-23-20(16-41-27)24(29(35)40-9-4)31-32(28(23)34)18-10-12-19(36-5)13-11-18/h10-16H,6-9H2,1-5H3,(H,30,33). The molecule has 0 saturated carbocycles. The van der Waals surface area contributed by atoms with Crippen molar-refractivity contribution in [3.05, 3.63) is 63.4 Å². The van der Waals surface area contributed by atoms with E-state index in [1.807, 2.05) is 20.8 Å². The lowest BCUT2D eigenvalue weighted by molar-refractivity contribution is 0.0519. The lowest BCUT2D eigenvalue weighted by Gasteiger charge is -2.17. The van der Waals surface area contributed by atoms with E-state index in [0.717, 1.165) is 16.0 Å². The van der Waals surface area contributed by atoms with Crippen molar-refractivity contribution in [3.8, 4) is 28.7 Å². The smallest absolute Gasteiger partial charge is 0.359 e. The minimum atomic E-state index is -0.690. The quantitative estimate of drug-likeness (QED) is 0.228. The van der Waals surface area contributed by atoms with Crippen molar-refractivity contribution >= 4 is 39.0 Å². The van der Waals surface area contributed by atoms with Crippen LogP contribution < -0.4 is 29.8 Å². The molecule has 0 aliphatic carbocycles. The molecule has 0 atom stereocenters. The van der Waals surface area contributed by atoms with Crippen LogP contribution in [0.4, 0.5) is 5.00 Å². The molecule has 12 heteroatoms. The average molecular weight is 582 g/mol. The molecule has 1 N–H and O–H groups in total. The largest absolute Gasteiger partial charge is 0.497 e. The number of methoxy groups -OCH3 is 1. The lowest BCUT2D eigenvalue weighted by atomic mass is 10.1. The minimum Gasteiger partial charge on any atom is -0.497 e. The number of carbonyl (C=O) groups excluding carboxylic acids is 2. The van der Waals surface area contributed by atoms with Gasteiger partial charge >= 0.3 is 5.97 Å². The van der Waals surface area contributed by atoms with Crippen LogP contribution >= 0.6 is 11.3 Å². The third-order valence-electron chi connectivity index (χ3n) is 5.84. The second kappa shape index (κ2) is 13.2. The fraction of sp³-hybridized carbons (Fsp3) is 0.310. The van der Waals surface area contributed by atoms with Crippen molar-refractivity contribution in [1.82, 2.24) is 9.78 Å². The van der Waals surface area contributed by atoms with Gasteiger partial charge in [-0.25, -0.2) is 4.79 Å². The summed E-state index contributed by atoms with van der Waals surface area (Å²) in [7, 11) is 1.53. The zero-order valence-corrected chi connectivity index (χ0v) is 24.3. The Balaban J connectivity index is 1.83. The second-order valence-corrected chi connectivity index (χ2v) is 9.27. The number of thiophene rings is 1. The van der Waals surface area contributed by atoms with E-state index in [1.165, 1.54) is 7.11 Å². The molecule has 2 aromatic heterocycles. The van der Waals surface area contributed by atoms with E-state index in [0.29, 0.717) is 48.5 Å². The molecule has 0 spiro atoms. The topological polar surface area (TPSA) is 127 Å². The highest BCUT2D eigenvalue weighted by Gasteiger charge is 2.24. The molecule has 0 fully saturated rings. The van der Waals surface area contributed by atoms with Crippen molar-refractivity contribution in [2.45, 2.75) is 27.7 Å². The van der Waals surface area contributed by atoms with E-state index in [4.69, 9.17) is 23.7 Å². The van der Waals surface area contributed by atoms with Gasteiger partial charge in [0.15, 0.2) is 17.2 Å². The molecule has 0 radical (unpaired) electrons. The van der Waals surface area contributed by atoms with Gasteiger partial charge in [0.05, 0.1) is 44.6 Å². The number of benzene rings is 2. The Labute approximate surface area is 240 Å². The number of rotatable bonds is 12. The number of aromatic nitrogens is 2. The Morgan fingerprint density at radius 3 is 2.12 bits per heavy atom. The highest BCUT2D eigenvalue weighted by Crippen LogP contribution is 2.40. The Morgan fingerprint density at radius 1 is 0.927 bits per heavy atom. The normalized spacial score (nSPS) is 10.8. The highest BCUT2D eigenvalue weighted by atomic mass is 32.1. The number of carbonyl (C=O) groups is 2. The zero-order valence-electron chi connectivity index (χ0n) is 23.4. The average Bonchev–Trinajstić information content (AvgIpc) is 3.39. The number of anilines is 1. The Bertz CT molecular complexity index is 1580. The predicted molar refractivity (Wildman–Crippen MR) is 156 cm³/mol. The molecule has 11 nitrogen and oxygen atoms in total. The van der Waals surface area contributed by atoms with Crippen LogP contribution in [0.2, 0.25) is 0 Å². The maximum absolute atomic E-state index is 13.7. The molecule has 2 heterocycles. The SMILES string of the molecule is CCOC(=O)c1nn(-c2ccc(OC)cc2)c(=O)c2c(NC(=O)c3cc(OCC)c(OCC)c(OCC)c3)scc12. The van der Waals surface area contributed by atoms with Gasteiger partial charge < -0.3 is 29.0 Å². The van der Waals surface area contributed by atoms with Crippen molar-refractivity contribution in [2.24, 2.45) is 0 Å². The lowest BCUT2D eigenvalue weighted by Crippen LogP contribution is -2.25. The van der Waals surface area contributed by atoms with E-state index in [1.54, 1.807) is 48.7 Å². The summed E-state index contributed by atoms with van der Waals surface area (Å²) in [5.74, 6) is 0.509. The first-order valence-electron chi connectivity index (χ1n) is 13.1. The van der Waals surface area contributed by atoms with E-state index >= 15 is 0 Å². The molecule has 0 unspecified atom stereocenters. The first kappa shape index (κ1) is 29.4. The first-order chi connectivity index (χ1) is 19.9. The highest BCUT2D eigenvalue weighted by molar-refractivity contribution is 7.16. The molecule has 0 saturated heterocycles. The summed E-state index contributed by atoms with van der Waals surface area (Å²) in [4.78, 5) is 40.1. The summed E-state index contributed by atoms with van der Waals surface area (Å²) < 4.78 is 28.7. The van der Waals surface area contributed by atoms with Gasteiger partial charge in [-0.2, -0.15) is 9.78 Å². The van der Waals surface area contributed by atoms with Crippen LogP contribution in [-0.4, -0.2) is 55.2 Å². The van der Waals surface area contributed by atoms with Crippen LogP contribution in [0.5, 0.6) is 23.0 Å². The zero-order chi connectivity index (χ0) is 29.5. The van der Waals surface area contributed by atoms with Gasteiger partial charge in [0, 0.05) is 16.3 Å². The molecule has 1 amide bonds. The van der Waals surface area contributed by atoms with Crippen LogP contribution in [0.3, 0.4) is 0 Å². The molecule has 216 valence electrons.